The Balaban J connectivity index is 1.64. The molecule has 3 aliphatic heterocycles. The SMILES string of the molecule is COCCC[C@@H]1CCO[C@@H]2[C@H](CN[C@@H]2C(=O)N[C@@H](C2OC(SC)C(O)C(O)C2O)[C@H](C)Cl)C1. The number of fused-ring (bicyclic) bond motifs is 1. The summed E-state index contributed by atoms with van der Waals surface area (Å²) in [6, 6.07) is -1.29. The van der Waals surface area contributed by atoms with Crippen molar-refractivity contribution in [2.75, 3.05) is 33.1 Å². The van der Waals surface area contributed by atoms with Crippen LogP contribution in [0.3, 0.4) is 0 Å². The second-order valence-corrected chi connectivity index (χ2v) is 11.0. The van der Waals surface area contributed by atoms with E-state index in [9.17, 15) is 20.1 Å². The number of hydrogen-bond donors (Lipinski definition) is 5. The maximum Gasteiger partial charge on any atom is 0.240 e. The quantitative estimate of drug-likeness (QED) is 0.216. The van der Waals surface area contributed by atoms with Crippen molar-refractivity contribution >= 4 is 29.3 Å². The Labute approximate surface area is 205 Å². The highest BCUT2D eigenvalue weighted by atomic mass is 35.5. The molecule has 3 heterocycles. The van der Waals surface area contributed by atoms with Gasteiger partial charge in [0.25, 0.3) is 0 Å². The van der Waals surface area contributed by atoms with Gasteiger partial charge in [-0.3, -0.25) is 4.79 Å². The number of aliphatic hydroxyl groups excluding tert-OH is 3. The summed E-state index contributed by atoms with van der Waals surface area (Å²) in [6.07, 6.45) is 0.615. The molecule has 0 aromatic heterocycles. The summed E-state index contributed by atoms with van der Waals surface area (Å²) in [5, 5.41) is 36.6. The van der Waals surface area contributed by atoms with Crippen molar-refractivity contribution in [2.24, 2.45) is 11.8 Å². The summed E-state index contributed by atoms with van der Waals surface area (Å²) in [6.45, 7) is 3.77. The molecule has 0 aliphatic carbocycles. The third-order valence-electron chi connectivity index (χ3n) is 7.11. The average molecular weight is 511 g/mol. The van der Waals surface area contributed by atoms with Crippen LogP contribution in [0.1, 0.15) is 32.6 Å². The van der Waals surface area contributed by atoms with Crippen molar-refractivity contribution in [2.45, 2.75) is 86.0 Å². The van der Waals surface area contributed by atoms with Crippen LogP contribution in [0.2, 0.25) is 0 Å². The van der Waals surface area contributed by atoms with Crippen LogP contribution in [-0.4, -0.2) is 108 Å². The predicted octanol–water partition coefficient (Wildman–Crippen LogP) is 0.0789. The van der Waals surface area contributed by atoms with Gasteiger partial charge in [0.2, 0.25) is 5.91 Å². The molecule has 11 atom stereocenters. The number of ether oxygens (including phenoxy) is 3. The first-order valence-corrected chi connectivity index (χ1v) is 13.5. The number of carbonyl (C=O) groups is 1. The molecule has 3 fully saturated rings. The molecule has 0 bridgehead atoms. The van der Waals surface area contributed by atoms with E-state index < -0.39 is 47.3 Å². The molecule has 0 aromatic carbocycles. The van der Waals surface area contributed by atoms with Crippen LogP contribution >= 0.6 is 23.4 Å². The van der Waals surface area contributed by atoms with Crippen molar-refractivity contribution in [1.82, 2.24) is 10.6 Å². The van der Waals surface area contributed by atoms with E-state index in [2.05, 4.69) is 10.6 Å². The van der Waals surface area contributed by atoms with E-state index in [1.807, 2.05) is 0 Å². The molecule has 5 unspecified atom stereocenters. The lowest BCUT2D eigenvalue weighted by molar-refractivity contribution is -0.205. The first-order chi connectivity index (χ1) is 15.8. The number of alkyl halides is 1. The smallest absolute Gasteiger partial charge is 0.240 e. The van der Waals surface area contributed by atoms with Crippen molar-refractivity contribution < 1.29 is 34.3 Å². The molecule has 0 spiro atoms. The molecule has 33 heavy (non-hydrogen) atoms. The predicted molar refractivity (Wildman–Crippen MR) is 126 cm³/mol. The van der Waals surface area contributed by atoms with E-state index in [-0.39, 0.29) is 17.9 Å². The van der Waals surface area contributed by atoms with Crippen LogP contribution in [0.4, 0.5) is 0 Å². The molecule has 11 heteroatoms. The third kappa shape index (κ3) is 6.54. The number of nitrogens with one attached hydrogen (secondary N) is 2. The summed E-state index contributed by atoms with van der Waals surface area (Å²) in [5.74, 6) is 0.531. The molecule has 5 N–H and O–H groups in total. The molecule has 192 valence electrons. The van der Waals surface area contributed by atoms with Gasteiger partial charge in [0.1, 0.15) is 35.9 Å². The maximum absolute atomic E-state index is 13.3. The Morgan fingerprint density at radius 1 is 1.30 bits per heavy atom. The lowest BCUT2D eigenvalue weighted by atomic mass is 9.87. The number of hydrogen-bond acceptors (Lipinski definition) is 9. The summed E-state index contributed by atoms with van der Waals surface area (Å²) in [7, 11) is 1.72. The standard InChI is InChI=1S/C22H39ClN2O7S/c1-11(23)14(20-17(27)16(26)18(28)22(32-20)33-3)25-21(29)15-19-13(10-24-15)9-12(6-8-31-19)5-4-7-30-2/h11-20,22,24,26-28H,4-10H2,1-3H3,(H,25,29)/t11-,12+,13-,14+,15-,16?,17?,18?,19+,20?,22?/m0/s1. The van der Waals surface area contributed by atoms with Gasteiger partial charge in [-0.1, -0.05) is 0 Å². The van der Waals surface area contributed by atoms with Crippen LogP contribution in [0.25, 0.3) is 0 Å². The fourth-order valence-electron chi connectivity index (χ4n) is 5.25. The average Bonchev–Trinajstić information content (AvgIpc) is 3.07. The minimum atomic E-state index is -1.40. The lowest BCUT2D eigenvalue weighted by Gasteiger charge is -2.44. The Hall–Kier alpha value is -0.170. The van der Waals surface area contributed by atoms with Gasteiger partial charge in [0.15, 0.2) is 0 Å². The second-order valence-electron chi connectivity index (χ2n) is 9.40. The molecule has 0 radical (unpaired) electrons. The van der Waals surface area contributed by atoms with Crippen LogP contribution in [0.15, 0.2) is 0 Å². The van der Waals surface area contributed by atoms with Gasteiger partial charge in [-0.2, -0.15) is 0 Å². The Bertz CT molecular complexity index is 632. The van der Waals surface area contributed by atoms with E-state index in [0.717, 1.165) is 32.3 Å². The number of rotatable bonds is 9. The Morgan fingerprint density at radius 3 is 2.73 bits per heavy atom. The fraction of sp³-hybridized carbons (Fsp3) is 0.955. The fourth-order valence-corrected chi connectivity index (χ4v) is 6.13. The van der Waals surface area contributed by atoms with Gasteiger partial charge in [-0.05, 0) is 50.7 Å². The normalized spacial score (nSPS) is 41.1. The van der Waals surface area contributed by atoms with E-state index in [0.29, 0.717) is 19.1 Å². The van der Waals surface area contributed by atoms with Crippen molar-refractivity contribution in [3.63, 3.8) is 0 Å². The van der Waals surface area contributed by atoms with E-state index in [4.69, 9.17) is 25.8 Å². The number of methoxy groups -OCH3 is 1. The van der Waals surface area contributed by atoms with Gasteiger partial charge in [0.05, 0.1) is 17.5 Å². The van der Waals surface area contributed by atoms with Gasteiger partial charge < -0.3 is 40.2 Å². The molecule has 1 amide bonds. The van der Waals surface area contributed by atoms with Crippen LogP contribution in [0, 0.1) is 11.8 Å². The molecule has 3 rings (SSSR count). The van der Waals surface area contributed by atoms with Gasteiger partial charge in [-0.15, -0.1) is 23.4 Å². The van der Waals surface area contributed by atoms with Gasteiger partial charge in [0, 0.05) is 26.9 Å². The summed E-state index contributed by atoms with van der Waals surface area (Å²) in [5.41, 5.74) is -0.738. The topological polar surface area (TPSA) is 130 Å². The Kier molecular flexibility index (Phi) is 10.5. The highest BCUT2D eigenvalue weighted by Crippen LogP contribution is 2.34. The number of aliphatic hydroxyl groups is 3. The number of halogens is 1. The maximum atomic E-state index is 13.3. The molecule has 0 saturated carbocycles. The van der Waals surface area contributed by atoms with Gasteiger partial charge >= 0.3 is 0 Å². The molecule has 3 aliphatic rings. The zero-order valence-electron chi connectivity index (χ0n) is 19.6. The first kappa shape index (κ1) is 27.4. The molecular formula is C22H39ClN2O7S. The zero-order chi connectivity index (χ0) is 24.1. The summed E-state index contributed by atoms with van der Waals surface area (Å²) in [4.78, 5) is 13.3. The van der Waals surface area contributed by atoms with Gasteiger partial charge in [-0.25, -0.2) is 0 Å². The number of amides is 1. The van der Waals surface area contributed by atoms with Crippen molar-refractivity contribution in [3.05, 3.63) is 0 Å². The highest BCUT2D eigenvalue weighted by Gasteiger charge is 2.49. The van der Waals surface area contributed by atoms with Crippen molar-refractivity contribution in [3.8, 4) is 0 Å². The van der Waals surface area contributed by atoms with E-state index >= 15 is 0 Å². The second kappa shape index (κ2) is 12.7. The first-order valence-electron chi connectivity index (χ1n) is 11.8. The monoisotopic (exact) mass is 510 g/mol. The van der Waals surface area contributed by atoms with Crippen LogP contribution in [0.5, 0.6) is 0 Å². The van der Waals surface area contributed by atoms with Crippen molar-refractivity contribution in [1.29, 1.82) is 0 Å². The summed E-state index contributed by atoms with van der Waals surface area (Å²) >= 11 is 7.61. The summed E-state index contributed by atoms with van der Waals surface area (Å²) < 4.78 is 17.1. The lowest BCUT2D eigenvalue weighted by Crippen LogP contribution is -2.65. The largest absolute Gasteiger partial charge is 0.388 e. The van der Waals surface area contributed by atoms with E-state index in [1.165, 1.54) is 11.8 Å². The Morgan fingerprint density at radius 2 is 2.06 bits per heavy atom. The molecule has 3 saturated heterocycles. The zero-order valence-corrected chi connectivity index (χ0v) is 21.1. The molecule has 0 aromatic rings. The number of carbonyl (C=O) groups excluding carboxylic acids is 1. The minimum Gasteiger partial charge on any atom is -0.388 e. The highest BCUT2D eigenvalue weighted by molar-refractivity contribution is 7.99. The molecule has 9 nitrogen and oxygen atoms in total. The van der Waals surface area contributed by atoms with Crippen LogP contribution in [-0.2, 0) is 19.0 Å². The molecular weight excluding hydrogens is 472 g/mol. The third-order valence-corrected chi connectivity index (χ3v) is 8.23. The van der Waals surface area contributed by atoms with Crippen LogP contribution < -0.4 is 10.6 Å². The van der Waals surface area contributed by atoms with E-state index in [1.54, 1.807) is 20.3 Å². The minimum absolute atomic E-state index is 0.229. The number of thioether (sulfide) groups is 1.